The number of amides is 2. The second-order valence-electron chi connectivity index (χ2n) is 6.93. The number of halogens is 1. The minimum atomic E-state index is -2.14. The number of benzene rings is 2. The van der Waals surface area contributed by atoms with Gasteiger partial charge in [0.2, 0.25) is 0 Å². The van der Waals surface area contributed by atoms with Crippen LogP contribution in [-0.4, -0.2) is 21.8 Å². The molecular formula is C23H23FN4O2. The maximum Gasteiger partial charge on any atom is 0.270 e. The molecule has 0 atom stereocenters. The maximum absolute atomic E-state index is 13.4. The van der Waals surface area contributed by atoms with Crippen LogP contribution >= 0.6 is 0 Å². The zero-order chi connectivity index (χ0) is 23.5. The first-order valence-corrected chi connectivity index (χ1v) is 9.32. The number of carbonyl (C=O) groups is 2. The molecule has 2 N–H and O–H groups in total. The van der Waals surface area contributed by atoms with Gasteiger partial charge in [-0.1, -0.05) is 30.3 Å². The zero-order valence-electron chi connectivity index (χ0n) is 18.9. The van der Waals surface area contributed by atoms with Gasteiger partial charge in [-0.25, -0.2) is 14.4 Å². The fourth-order valence-corrected chi connectivity index (χ4v) is 2.71. The lowest BCUT2D eigenvalue weighted by Gasteiger charge is -2.09. The third-order valence-electron chi connectivity index (χ3n) is 4.64. The summed E-state index contributed by atoms with van der Waals surface area (Å²) >= 11 is 0. The molecule has 2 aromatic carbocycles. The van der Waals surface area contributed by atoms with Crippen molar-refractivity contribution >= 4 is 11.8 Å². The Hall–Kier alpha value is -3.61. The van der Waals surface area contributed by atoms with Gasteiger partial charge >= 0.3 is 0 Å². The molecule has 6 nitrogen and oxygen atoms in total. The van der Waals surface area contributed by atoms with Gasteiger partial charge in [-0.3, -0.25) is 9.59 Å². The molecule has 3 aromatic rings. The average Bonchev–Trinajstić information content (AvgIpc) is 2.76. The lowest BCUT2D eigenvalue weighted by atomic mass is 10.1. The van der Waals surface area contributed by atoms with Gasteiger partial charge in [0, 0.05) is 19.1 Å². The van der Waals surface area contributed by atoms with E-state index in [0.717, 1.165) is 17.5 Å². The van der Waals surface area contributed by atoms with Gasteiger partial charge in [0.1, 0.15) is 23.5 Å². The standard InChI is InChI=1S/C23H23FN4O2/c1-14-4-5-17(8-15(14)2)11-25-22(29)20-10-21(28-13-27-20)23(30)26-12-18-6-7-19(24)16(3)9-18/h4-10,13H,11-12H2,1-3H3,(H,25,29)(H,26,30)/i11D2. The van der Waals surface area contributed by atoms with Crippen molar-refractivity contribution in [2.45, 2.75) is 33.8 Å². The van der Waals surface area contributed by atoms with Crippen molar-refractivity contribution in [2.75, 3.05) is 0 Å². The molecule has 0 saturated heterocycles. The van der Waals surface area contributed by atoms with E-state index in [1.807, 2.05) is 13.8 Å². The predicted molar refractivity (Wildman–Crippen MR) is 111 cm³/mol. The number of nitrogens with one attached hydrogen (secondary N) is 2. The molecule has 0 aliphatic rings. The first-order valence-electron chi connectivity index (χ1n) is 10.3. The summed E-state index contributed by atoms with van der Waals surface area (Å²) in [6.45, 7) is 3.42. The molecule has 0 spiro atoms. The molecule has 0 fully saturated rings. The Labute approximate surface area is 177 Å². The number of aromatic nitrogens is 2. The molecule has 0 unspecified atom stereocenters. The van der Waals surface area contributed by atoms with Crippen LogP contribution in [0.1, 0.15) is 51.5 Å². The Morgan fingerprint density at radius 1 is 0.867 bits per heavy atom. The maximum atomic E-state index is 13.4. The van der Waals surface area contributed by atoms with Crippen molar-refractivity contribution in [2.24, 2.45) is 0 Å². The van der Waals surface area contributed by atoms with Crippen LogP contribution in [0.5, 0.6) is 0 Å². The molecule has 0 aliphatic heterocycles. The van der Waals surface area contributed by atoms with Gasteiger partial charge in [-0.2, -0.15) is 0 Å². The second-order valence-corrected chi connectivity index (χ2v) is 6.93. The highest BCUT2D eigenvalue weighted by Crippen LogP contribution is 2.11. The van der Waals surface area contributed by atoms with Gasteiger partial charge in [0.15, 0.2) is 0 Å². The minimum Gasteiger partial charge on any atom is -0.347 e. The van der Waals surface area contributed by atoms with E-state index in [0.29, 0.717) is 16.7 Å². The van der Waals surface area contributed by atoms with E-state index in [4.69, 9.17) is 2.74 Å². The molecule has 0 bridgehead atoms. The van der Waals surface area contributed by atoms with Crippen molar-refractivity contribution in [1.82, 2.24) is 20.6 Å². The van der Waals surface area contributed by atoms with E-state index in [-0.39, 0.29) is 23.7 Å². The highest BCUT2D eigenvalue weighted by atomic mass is 19.1. The number of nitrogens with zero attached hydrogens (tertiary/aromatic N) is 2. The van der Waals surface area contributed by atoms with Crippen molar-refractivity contribution < 1.29 is 16.7 Å². The molecule has 0 saturated carbocycles. The van der Waals surface area contributed by atoms with Gasteiger partial charge in [0.25, 0.3) is 11.8 Å². The summed E-state index contributed by atoms with van der Waals surface area (Å²) in [5, 5.41) is 4.96. The number of hydrogen-bond acceptors (Lipinski definition) is 4. The minimum absolute atomic E-state index is 0.0456. The Bertz CT molecular complexity index is 1180. The van der Waals surface area contributed by atoms with E-state index in [1.165, 1.54) is 12.1 Å². The molecule has 1 aromatic heterocycles. The molecule has 154 valence electrons. The molecule has 1 heterocycles. The number of hydrogen-bond donors (Lipinski definition) is 2. The topological polar surface area (TPSA) is 84.0 Å². The first-order chi connectivity index (χ1) is 15.1. The predicted octanol–water partition coefficient (Wildman–Crippen LogP) is 3.40. The summed E-state index contributed by atoms with van der Waals surface area (Å²) < 4.78 is 29.8. The Morgan fingerprint density at radius 3 is 2.17 bits per heavy atom. The summed E-state index contributed by atoms with van der Waals surface area (Å²) in [4.78, 5) is 32.8. The molecule has 3 rings (SSSR count). The van der Waals surface area contributed by atoms with Crippen LogP contribution < -0.4 is 10.6 Å². The van der Waals surface area contributed by atoms with Crippen LogP contribution in [0.4, 0.5) is 4.39 Å². The molecule has 0 aliphatic carbocycles. The average molecular weight is 408 g/mol. The summed E-state index contributed by atoms with van der Waals surface area (Å²) in [6.07, 6.45) is 1.07. The highest BCUT2D eigenvalue weighted by molar-refractivity contribution is 5.97. The van der Waals surface area contributed by atoms with Gasteiger partial charge < -0.3 is 10.6 Å². The summed E-state index contributed by atoms with van der Waals surface area (Å²) in [5.41, 5.74) is 3.21. The summed E-state index contributed by atoms with van der Waals surface area (Å²) in [5.74, 6) is -1.65. The monoisotopic (exact) mass is 408 g/mol. The Balaban J connectivity index is 1.70. The van der Waals surface area contributed by atoms with Crippen molar-refractivity contribution in [3.05, 3.63) is 93.8 Å². The van der Waals surface area contributed by atoms with Crippen LogP contribution in [-0.2, 0) is 13.0 Å². The van der Waals surface area contributed by atoms with Crippen LogP contribution in [0.15, 0.2) is 48.8 Å². The normalized spacial score (nSPS) is 12.0. The lowest BCUT2D eigenvalue weighted by molar-refractivity contribution is 0.0944. The van der Waals surface area contributed by atoms with Crippen LogP contribution in [0.3, 0.4) is 0 Å². The SMILES string of the molecule is [2H]C([2H])(NC(=O)c1cc(C(=O)NCc2ccc(F)c(C)c2)ncn1)c1ccc(C)c(C)c1. The molecule has 0 radical (unpaired) electrons. The van der Waals surface area contributed by atoms with Crippen LogP contribution in [0, 0.1) is 26.6 Å². The van der Waals surface area contributed by atoms with Crippen LogP contribution in [0.2, 0.25) is 0 Å². The number of carbonyl (C=O) groups excluding carboxylic acids is 2. The summed E-state index contributed by atoms with van der Waals surface area (Å²) in [6, 6.07) is 10.8. The van der Waals surface area contributed by atoms with Gasteiger partial charge in [0.05, 0.1) is 2.74 Å². The highest BCUT2D eigenvalue weighted by Gasteiger charge is 2.13. The third kappa shape index (κ3) is 5.26. The number of rotatable bonds is 6. The Morgan fingerprint density at radius 2 is 1.50 bits per heavy atom. The van der Waals surface area contributed by atoms with Gasteiger partial charge in [-0.05, 0) is 54.7 Å². The molecule has 7 heteroatoms. The fourth-order valence-electron chi connectivity index (χ4n) is 2.71. The Kier molecular flexibility index (Phi) is 5.68. The van der Waals surface area contributed by atoms with E-state index >= 15 is 0 Å². The fraction of sp³-hybridized carbons (Fsp3) is 0.217. The number of aryl methyl sites for hydroxylation is 3. The van der Waals surface area contributed by atoms with E-state index in [1.54, 1.807) is 37.3 Å². The zero-order valence-corrected chi connectivity index (χ0v) is 16.9. The smallest absolute Gasteiger partial charge is 0.270 e. The van der Waals surface area contributed by atoms with E-state index < -0.39 is 18.3 Å². The molecule has 2 amide bonds. The lowest BCUT2D eigenvalue weighted by Crippen LogP contribution is -2.27. The second kappa shape index (κ2) is 9.26. The van der Waals surface area contributed by atoms with Crippen molar-refractivity contribution in [3.8, 4) is 0 Å². The summed E-state index contributed by atoms with van der Waals surface area (Å²) in [7, 11) is 0. The van der Waals surface area contributed by atoms with E-state index in [9.17, 15) is 14.0 Å². The molecule has 30 heavy (non-hydrogen) atoms. The quantitative estimate of drug-likeness (QED) is 0.655. The first kappa shape index (κ1) is 18.4. The van der Waals surface area contributed by atoms with Crippen LogP contribution in [0.25, 0.3) is 0 Å². The van der Waals surface area contributed by atoms with E-state index in [2.05, 4.69) is 20.6 Å². The van der Waals surface area contributed by atoms with Crippen molar-refractivity contribution in [3.63, 3.8) is 0 Å². The van der Waals surface area contributed by atoms with Gasteiger partial charge in [-0.15, -0.1) is 0 Å². The largest absolute Gasteiger partial charge is 0.347 e. The third-order valence-corrected chi connectivity index (χ3v) is 4.64. The molecular weight excluding hydrogens is 383 g/mol. The van der Waals surface area contributed by atoms with Crippen molar-refractivity contribution in [1.29, 1.82) is 0 Å².